The van der Waals surface area contributed by atoms with Crippen LogP contribution in [0.2, 0.25) is 0 Å². The van der Waals surface area contributed by atoms with E-state index in [1.807, 2.05) is 13.8 Å². The van der Waals surface area contributed by atoms with Gasteiger partial charge in [0.05, 0.1) is 18.4 Å². The highest BCUT2D eigenvalue weighted by Crippen LogP contribution is 2.17. The Bertz CT molecular complexity index is 636. The van der Waals surface area contributed by atoms with Crippen molar-refractivity contribution in [1.82, 2.24) is 19.7 Å². The topological polar surface area (TPSA) is 95.9 Å². The molecule has 20 heavy (non-hydrogen) atoms. The minimum absolute atomic E-state index is 0.323. The molecule has 0 aliphatic heterocycles. The molecular formula is C13H17N5O2. The molecule has 2 heterocycles. The molecule has 0 unspecified atom stereocenters. The first kappa shape index (κ1) is 14.0. The summed E-state index contributed by atoms with van der Waals surface area (Å²) >= 11 is 0. The molecular weight excluding hydrogens is 258 g/mol. The van der Waals surface area contributed by atoms with Crippen molar-refractivity contribution in [1.29, 1.82) is 0 Å². The third kappa shape index (κ3) is 2.61. The summed E-state index contributed by atoms with van der Waals surface area (Å²) in [4.78, 5) is 20.2. The minimum atomic E-state index is -0.408. The highest BCUT2D eigenvalue weighted by molar-refractivity contribution is 5.88. The summed E-state index contributed by atoms with van der Waals surface area (Å²) in [6, 6.07) is 0. The first-order chi connectivity index (χ1) is 9.56. The van der Waals surface area contributed by atoms with Gasteiger partial charge >= 0.3 is 5.97 Å². The molecule has 2 rings (SSSR count). The number of carbonyl (C=O) groups excluding carboxylic acids is 1. The lowest BCUT2D eigenvalue weighted by Gasteiger charge is -2.08. The van der Waals surface area contributed by atoms with Gasteiger partial charge < -0.3 is 10.5 Å². The number of nitrogens with zero attached hydrogens (tertiary/aromatic N) is 4. The predicted molar refractivity (Wildman–Crippen MR) is 73.6 cm³/mol. The molecule has 2 N–H and O–H groups in total. The van der Waals surface area contributed by atoms with Crippen molar-refractivity contribution in [3.8, 4) is 5.82 Å². The van der Waals surface area contributed by atoms with E-state index >= 15 is 0 Å². The number of nitrogen functional groups attached to an aromatic ring is 1. The first-order valence-corrected chi connectivity index (χ1v) is 6.42. The van der Waals surface area contributed by atoms with Gasteiger partial charge in [0.15, 0.2) is 5.82 Å². The summed E-state index contributed by atoms with van der Waals surface area (Å²) in [5.74, 6) is 1.22. The van der Waals surface area contributed by atoms with Crippen LogP contribution in [-0.2, 0) is 11.2 Å². The van der Waals surface area contributed by atoms with Crippen LogP contribution >= 0.6 is 0 Å². The Morgan fingerprint density at radius 2 is 2.15 bits per heavy atom. The van der Waals surface area contributed by atoms with Crippen LogP contribution in [0.25, 0.3) is 5.82 Å². The zero-order chi connectivity index (χ0) is 14.7. The fourth-order valence-electron chi connectivity index (χ4n) is 1.71. The average molecular weight is 275 g/mol. The Hall–Kier alpha value is -2.44. The second-order valence-electron chi connectivity index (χ2n) is 4.22. The van der Waals surface area contributed by atoms with Gasteiger partial charge in [0.25, 0.3) is 0 Å². The molecule has 0 aliphatic carbocycles. The van der Waals surface area contributed by atoms with Crippen molar-refractivity contribution in [2.75, 3.05) is 12.3 Å². The van der Waals surface area contributed by atoms with E-state index in [1.54, 1.807) is 13.1 Å². The van der Waals surface area contributed by atoms with Crippen molar-refractivity contribution in [2.45, 2.75) is 27.2 Å². The Labute approximate surface area is 116 Å². The number of aromatic nitrogens is 4. The molecule has 0 saturated carbocycles. The Kier molecular flexibility index (Phi) is 3.97. The quantitative estimate of drug-likeness (QED) is 0.845. The fourth-order valence-corrected chi connectivity index (χ4v) is 1.71. The third-order valence-corrected chi connectivity index (χ3v) is 2.83. The van der Waals surface area contributed by atoms with Crippen LogP contribution in [0.3, 0.4) is 0 Å². The molecule has 0 amide bonds. The van der Waals surface area contributed by atoms with Gasteiger partial charge in [0.1, 0.15) is 11.6 Å². The van der Waals surface area contributed by atoms with Gasteiger partial charge in [0.2, 0.25) is 0 Å². The van der Waals surface area contributed by atoms with Crippen molar-refractivity contribution in [3.05, 3.63) is 29.3 Å². The number of rotatable bonds is 4. The lowest BCUT2D eigenvalue weighted by atomic mass is 10.3. The second-order valence-corrected chi connectivity index (χ2v) is 4.22. The highest BCUT2D eigenvalue weighted by atomic mass is 16.5. The molecule has 0 atom stereocenters. The maximum absolute atomic E-state index is 11.6. The molecule has 0 saturated heterocycles. The van der Waals surface area contributed by atoms with Crippen LogP contribution in [-0.4, -0.2) is 32.3 Å². The van der Waals surface area contributed by atoms with E-state index in [0.717, 1.165) is 5.56 Å². The van der Waals surface area contributed by atoms with Crippen molar-refractivity contribution in [3.63, 3.8) is 0 Å². The number of ether oxygens (including phenoxy) is 1. The summed E-state index contributed by atoms with van der Waals surface area (Å²) in [5.41, 5.74) is 6.96. The van der Waals surface area contributed by atoms with Crippen LogP contribution < -0.4 is 5.73 Å². The molecule has 0 aliphatic rings. The second kappa shape index (κ2) is 5.68. The maximum Gasteiger partial charge on any atom is 0.341 e. The molecule has 0 aromatic carbocycles. The highest BCUT2D eigenvalue weighted by Gasteiger charge is 2.14. The molecule has 0 spiro atoms. The number of aryl methyl sites for hydroxylation is 1. The minimum Gasteiger partial charge on any atom is -0.462 e. The van der Waals surface area contributed by atoms with Crippen LogP contribution in [0.4, 0.5) is 5.82 Å². The number of carbonyl (C=O) groups is 1. The SMILES string of the molecule is CCOC(=O)c1cnn(-c2nc(CC)nc(N)c2C)c1. The van der Waals surface area contributed by atoms with Crippen LogP contribution in [0.5, 0.6) is 0 Å². The van der Waals surface area contributed by atoms with Crippen molar-refractivity contribution >= 4 is 11.8 Å². The van der Waals surface area contributed by atoms with Gasteiger partial charge in [-0.3, -0.25) is 0 Å². The van der Waals surface area contributed by atoms with Crippen molar-refractivity contribution < 1.29 is 9.53 Å². The molecule has 0 fully saturated rings. The van der Waals surface area contributed by atoms with Gasteiger partial charge in [-0.25, -0.2) is 19.4 Å². The summed E-state index contributed by atoms with van der Waals surface area (Å²) in [6.07, 6.45) is 3.69. The van der Waals surface area contributed by atoms with E-state index in [1.165, 1.54) is 10.9 Å². The van der Waals surface area contributed by atoms with Gasteiger partial charge in [-0.2, -0.15) is 5.10 Å². The van der Waals surface area contributed by atoms with Crippen LogP contribution in [0, 0.1) is 6.92 Å². The summed E-state index contributed by atoms with van der Waals surface area (Å²) < 4.78 is 6.44. The number of anilines is 1. The summed E-state index contributed by atoms with van der Waals surface area (Å²) in [7, 11) is 0. The lowest BCUT2D eigenvalue weighted by Crippen LogP contribution is -2.09. The zero-order valence-electron chi connectivity index (χ0n) is 11.8. The standard InChI is InChI=1S/C13H17N5O2/c1-4-10-16-11(14)8(3)12(17-10)18-7-9(6-15-18)13(19)20-5-2/h6-7H,4-5H2,1-3H3,(H2,14,16,17). The molecule has 106 valence electrons. The predicted octanol–water partition coefficient (Wildman–Crippen LogP) is 1.29. The molecule has 7 nitrogen and oxygen atoms in total. The largest absolute Gasteiger partial charge is 0.462 e. The normalized spacial score (nSPS) is 10.6. The van der Waals surface area contributed by atoms with E-state index < -0.39 is 5.97 Å². The zero-order valence-corrected chi connectivity index (χ0v) is 11.8. The van der Waals surface area contributed by atoms with E-state index in [2.05, 4.69) is 15.1 Å². The molecule has 2 aromatic rings. The number of hydrogen-bond acceptors (Lipinski definition) is 6. The van der Waals surface area contributed by atoms with Crippen LogP contribution in [0.1, 0.15) is 35.6 Å². The maximum atomic E-state index is 11.6. The molecule has 0 bridgehead atoms. The van der Waals surface area contributed by atoms with Crippen LogP contribution in [0.15, 0.2) is 12.4 Å². The lowest BCUT2D eigenvalue weighted by molar-refractivity contribution is 0.0526. The third-order valence-electron chi connectivity index (χ3n) is 2.83. The van der Waals surface area contributed by atoms with E-state index in [-0.39, 0.29) is 0 Å². The monoisotopic (exact) mass is 275 g/mol. The Balaban J connectivity index is 2.42. The fraction of sp³-hybridized carbons (Fsp3) is 0.385. The van der Waals surface area contributed by atoms with Crippen molar-refractivity contribution in [2.24, 2.45) is 0 Å². The van der Waals surface area contributed by atoms with Gasteiger partial charge in [0, 0.05) is 18.2 Å². The molecule has 2 aromatic heterocycles. The first-order valence-electron chi connectivity index (χ1n) is 6.42. The van der Waals surface area contributed by atoms with E-state index in [4.69, 9.17) is 10.5 Å². The smallest absolute Gasteiger partial charge is 0.341 e. The van der Waals surface area contributed by atoms with Gasteiger partial charge in [-0.15, -0.1) is 0 Å². The Morgan fingerprint density at radius 1 is 1.40 bits per heavy atom. The summed E-state index contributed by atoms with van der Waals surface area (Å²) in [6.45, 7) is 5.84. The number of hydrogen-bond donors (Lipinski definition) is 1. The Morgan fingerprint density at radius 3 is 2.80 bits per heavy atom. The number of nitrogens with two attached hydrogens (primary N) is 1. The summed E-state index contributed by atoms with van der Waals surface area (Å²) in [5, 5.41) is 4.14. The van der Waals surface area contributed by atoms with Gasteiger partial charge in [-0.1, -0.05) is 6.92 Å². The molecule has 7 heteroatoms. The average Bonchev–Trinajstić information content (AvgIpc) is 2.91. The number of esters is 1. The van der Waals surface area contributed by atoms with E-state index in [0.29, 0.717) is 36.1 Å². The van der Waals surface area contributed by atoms with E-state index in [9.17, 15) is 4.79 Å². The molecule has 0 radical (unpaired) electrons. The van der Waals surface area contributed by atoms with Gasteiger partial charge in [-0.05, 0) is 13.8 Å².